The summed E-state index contributed by atoms with van der Waals surface area (Å²) in [5.74, 6) is -0.601. The van der Waals surface area contributed by atoms with Gasteiger partial charge in [-0.05, 0) is 25.0 Å². The first kappa shape index (κ1) is 13.2. The summed E-state index contributed by atoms with van der Waals surface area (Å²) in [5.41, 5.74) is 0.940. The Morgan fingerprint density at radius 1 is 1.06 bits per heavy atom. The van der Waals surface area contributed by atoms with Gasteiger partial charge in [-0.3, -0.25) is 14.9 Å². The molecule has 1 aromatic rings. The number of benzene rings is 1. The molecule has 0 atom stereocenters. The molecule has 1 N–H and O–H groups in total. The zero-order valence-electron chi connectivity index (χ0n) is 9.82. The Bertz CT molecular complexity index is 422. The summed E-state index contributed by atoms with van der Waals surface area (Å²) in [6.45, 7) is 1.88. The van der Waals surface area contributed by atoms with Crippen molar-refractivity contribution in [1.82, 2.24) is 5.32 Å². The van der Waals surface area contributed by atoms with E-state index in [1.165, 1.54) is 12.8 Å². The summed E-state index contributed by atoms with van der Waals surface area (Å²) < 4.78 is 5.11. The number of halogens is 1. The van der Waals surface area contributed by atoms with Crippen LogP contribution in [-0.4, -0.2) is 29.9 Å². The van der Waals surface area contributed by atoms with E-state index in [0.29, 0.717) is 11.1 Å². The SMILES string of the molecule is BrC1CCOCC1.O=C1NC(=O)c2ccccc21. The predicted octanol–water partition coefficient (Wildman–Crippen LogP) is 2.13. The van der Waals surface area contributed by atoms with Crippen LogP contribution in [0.5, 0.6) is 0 Å². The number of nitrogens with one attached hydrogen (secondary N) is 1. The predicted molar refractivity (Wildman–Crippen MR) is 71.0 cm³/mol. The van der Waals surface area contributed by atoms with E-state index in [4.69, 9.17) is 4.74 Å². The number of carbonyl (C=O) groups is 2. The van der Waals surface area contributed by atoms with Crippen molar-refractivity contribution in [2.24, 2.45) is 0 Å². The van der Waals surface area contributed by atoms with Crippen LogP contribution >= 0.6 is 15.9 Å². The smallest absolute Gasteiger partial charge is 0.258 e. The van der Waals surface area contributed by atoms with Gasteiger partial charge in [-0.15, -0.1) is 0 Å². The van der Waals surface area contributed by atoms with Crippen LogP contribution in [0, 0.1) is 0 Å². The Labute approximate surface area is 114 Å². The summed E-state index contributed by atoms with van der Waals surface area (Å²) in [6.07, 6.45) is 2.36. The number of carbonyl (C=O) groups excluding carboxylic acids is 2. The molecule has 18 heavy (non-hydrogen) atoms. The molecule has 3 rings (SSSR count). The molecule has 0 aromatic heterocycles. The van der Waals surface area contributed by atoms with Crippen molar-refractivity contribution in [2.45, 2.75) is 17.7 Å². The van der Waals surface area contributed by atoms with Gasteiger partial charge in [0.15, 0.2) is 0 Å². The minimum Gasteiger partial charge on any atom is -0.381 e. The minimum absolute atomic E-state index is 0.300. The van der Waals surface area contributed by atoms with E-state index < -0.39 is 0 Å². The van der Waals surface area contributed by atoms with E-state index in [2.05, 4.69) is 21.2 Å². The highest BCUT2D eigenvalue weighted by atomic mass is 79.9. The molecular formula is C13H14BrNO3. The van der Waals surface area contributed by atoms with E-state index in [0.717, 1.165) is 18.0 Å². The second-order valence-electron chi connectivity index (χ2n) is 4.12. The molecule has 1 saturated heterocycles. The number of alkyl halides is 1. The Hall–Kier alpha value is -1.20. The maximum Gasteiger partial charge on any atom is 0.258 e. The van der Waals surface area contributed by atoms with Gasteiger partial charge in [0, 0.05) is 18.0 Å². The molecule has 2 aliphatic heterocycles. The molecule has 1 aromatic carbocycles. The highest BCUT2D eigenvalue weighted by molar-refractivity contribution is 9.09. The molecule has 1 fully saturated rings. The Morgan fingerprint density at radius 2 is 1.56 bits per heavy atom. The Morgan fingerprint density at radius 3 is 1.94 bits per heavy atom. The number of rotatable bonds is 0. The molecule has 0 saturated carbocycles. The molecule has 0 bridgehead atoms. The maximum absolute atomic E-state index is 10.9. The first-order valence-corrected chi connectivity index (χ1v) is 6.76. The lowest BCUT2D eigenvalue weighted by atomic mass is 10.1. The zero-order chi connectivity index (χ0) is 13.0. The molecular weight excluding hydrogens is 298 g/mol. The number of ether oxygens (including phenoxy) is 1. The van der Waals surface area contributed by atoms with Crippen LogP contribution in [0.3, 0.4) is 0 Å². The van der Waals surface area contributed by atoms with Crippen LogP contribution in [0.1, 0.15) is 33.6 Å². The molecule has 5 heteroatoms. The molecule has 0 spiro atoms. The van der Waals surface area contributed by atoms with E-state index in [1.54, 1.807) is 24.3 Å². The van der Waals surface area contributed by atoms with Crippen molar-refractivity contribution in [2.75, 3.05) is 13.2 Å². The van der Waals surface area contributed by atoms with Crippen LogP contribution < -0.4 is 5.32 Å². The summed E-state index contributed by atoms with van der Waals surface area (Å²) >= 11 is 3.51. The summed E-state index contributed by atoms with van der Waals surface area (Å²) in [5, 5.41) is 2.20. The quantitative estimate of drug-likeness (QED) is 0.590. The average molecular weight is 312 g/mol. The summed E-state index contributed by atoms with van der Waals surface area (Å²) in [6, 6.07) is 6.74. The lowest BCUT2D eigenvalue weighted by Gasteiger charge is -2.15. The molecule has 0 unspecified atom stereocenters. The lowest BCUT2D eigenvalue weighted by Crippen LogP contribution is -2.19. The van der Waals surface area contributed by atoms with Crippen molar-refractivity contribution in [3.63, 3.8) is 0 Å². The Kier molecular flexibility index (Phi) is 4.49. The van der Waals surface area contributed by atoms with Crippen molar-refractivity contribution in [1.29, 1.82) is 0 Å². The van der Waals surface area contributed by atoms with Gasteiger partial charge in [0.25, 0.3) is 11.8 Å². The van der Waals surface area contributed by atoms with E-state index in [9.17, 15) is 9.59 Å². The molecule has 0 aliphatic carbocycles. The number of imide groups is 1. The fourth-order valence-electron chi connectivity index (χ4n) is 1.79. The van der Waals surface area contributed by atoms with Gasteiger partial charge in [-0.1, -0.05) is 28.1 Å². The maximum atomic E-state index is 10.9. The standard InChI is InChI=1S/C8H5NO2.C5H9BrO/c10-7-5-3-1-2-4-6(5)8(11)9-7;6-5-1-3-7-4-2-5/h1-4H,(H,9,10,11);5H,1-4H2. The van der Waals surface area contributed by atoms with E-state index >= 15 is 0 Å². The molecule has 2 amide bonds. The van der Waals surface area contributed by atoms with E-state index in [1.807, 2.05) is 0 Å². The first-order chi connectivity index (χ1) is 8.68. The lowest BCUT2D eigenvalue weighted by molar-refractivity contribution is 0.0879. The van der Waals surface area contributed by atoms with Crippen LogP contribution in [-0.2, 0) is 4.74 Å². The van der Waals surface area contributed by atoms with Gasteiger partial charge >= 0.3 is 0 Å². The van der Waals surface area contributed by atoms with Gasteiger partial charge in [0.2, 0.25) is 0 Å². The van der Waals surface area contributed by atoms with Crippen LogP contribution in [0.15, 0.2) is 24.3 Å². The van der Waals surface area contributed by atoms with Crippen LogP contribution in [0.4, 0.5) is 0 Å². The normalized spacial score (nSPS) is 18.7. The van der Waals surface area contributed by atoms with Crippen LogP contribution in [0.25, 0.3) is 0 Å². The van der Waals surface area contributed by atoms with Gasteiger partial charge in [0.1, 0.15) is 0 Å². The topological polar surface area (TPSA) is 55.4 Å². The fourth-order valence-corrected chi connectivity index (χ4v) is 2.16. The zero-order valence-corrected chi connectivity index (χ0v) is 11.4. The molecule has 2 aliphatic rings. The van der Waals surface area contributed by atoms with Gasteiger partial charge in [-0.25, -0.2) is 0 Å². The van der Waals surface area contributed by atoms with Gasteiger partial charge < -0.3 is 4.74 Å². The number of hydrogen-bond donors (Lipinski definition) is 1. The third kappa shape index (κ3) is 3.17. The molecule has 96 valence electrons. The number of amides is 2. The molecule has 0 radical (unpaired) electrons. The number of fused-ring (bicyclic) bond motifs is 1. The third-order valence-corrected chi connectivity index (χ3v) is 3.71. The summed E-state index contributed by atoms with van der Waals surface area (Å²) in [7, 11) is 0. The van der Waals surface area contributed by atoms with Crippen molar-refractivity contribution >= 4 is 27.7 Å². The highest BCUT2D eigenvalue weighted by Crippen LogP contribution is 2.14. The molecule has 4 nitrogen and oxygen atoms in total. The van der Waals surface area contributed by atoms with E-state index in [-0.39, 0.29) is 11.8 Å². The monoisotopic (exact) mass is 311 g/mol. The Balaban J connectivity index is 0.000000149. The average Bonchev–Trinajstić information content (AvgIpc) is 2.68. The highest BCUT2D eigenvalue weighted by Gasteiger charge is 2.25. The fraction of sp³-hybridized carbons (Fsp3) is 0.385. The number of hydrogen-bond acceptors (Lipinski definition) is 3. The second-order valence-corrected chi connectivity index (χ2v) is 5.41. The van der Waals surface area contributed by atoms with Crippen LogP contribution in [0.2, 0.25) is 0 Å². The van der Waals surface area contributed by atoms with Crippen molar-refractivity contribution in [3.8, 4) is 0 Å². The molecule has 2 heterocycles. The largest absolute Gasteiger partial charge is 0.381 e. The van der Waals surface area contributed by atoms with Gasteiger partial charge in [0.05, 0.1) is 11.1 Å². The van der Waals surface area contributed by atoms with Gasteiger partial charge in [-0.2, -0.15) is 0 Å². The summed E-state index contributed by atoms with van der Waals surface area (Å²) in [4.78, 5) is 22.6. The van der Waals surface area contributed by atoms with Crippen molar-refractivity contribution < 1.29 is 14.3 Å². The third-order valence-electron chi connectivity index (χ3n) is 2.79. The second kappa shape index (κ2) is 6.11. The van der Waals surface area contributed by atoms with Crippen molar-refractivity contribution in [3.05, 3.63) is 35.4 Å². The minimum atomic E-state index is -0.300. The first-order valence-electron chi connectivity index (χ1n) is 5.85.